The number of non-ortho nitro benzene ring substituents is 1. The summed E-state index contributed by atoms with van der Waals surface area (Å²) in [4.78, 5) is 9.89. The standard InChI is InChI=1S/C12H16N2O6S/c1-12(15)5-6-13(8-12)21(18,19)11-7-9(14(16)17)3-4-10(11)20-2/h3-4,7,15H,5-6,8H2,1-2H3. The Morgan fingerprint density at radius 2 is 2.14 bits per heavy atom. The molecule has 0 aromatic heterocycles. The highest BCUT2D eigenvalue weighted by molar-refractivity contribution is 7.89. The third-order valence-electron chi connectivity index (χ3n) is 3.39. The van der Waals surface area contributed by atoms with Gasteiger partial charge in [-0.15, -0.1) is 0 Å². The van der Waals surface area contributed by atoms with E-state index in [1.54, 1.807) is 6.92 Å². The highest BCUT2D eigenvalue weighted by Crippen LogP contribution is 2.33. The summed E-state index contributed by atoms with van der Waals surface area (Å²) in [6.45, 7) is 1.65. The van der Waals surface area contributed by atoms with Gasteiger partial charge in [0.15, 0.2) is 0 Å². The summed E-state index contributed by atoms with van der Waals surface area (Å²) in [6, 6.07) is 3.40. The molecule has 2 rings (SSSR count). The van der Waals surface area contributed by atoms with Crippen molar-refractivity contribution in [1.29, 1.82) is 0 Å². The number of nitro groups is 1. The fourth-order valence-electron chi connectivity index (χ4n) is 2.23. The van der Waals surface area contributed by atoms with Gasteiger partial charge in [0.25, 0.3) is 5.69 Å². The first-order chi connectivity index (χ1) is 9.67. The van der Waals surface area contributed by atoms with Gasteiger partial charge >= 0.3 is 0 Å². The van der Waals surface area contributed by atoms with Crippen LogP contribution in [0.25, 0.3) is 0 Å². The Hall–Kier alpha value is -1.71. The van der Waals surface area contributed by atoms with E-state index in [2.05, 4.69) is 0 Å². The molecule has 0 spiro atoms. The van der Waals surface area contributed by atoms with E-state index in [1.165, 1.54) is 19.2 Å². The number of methoxy groups -OCH3 is 1. The van der Waals surface area contributed by atoms with E-state index in [0.29, 0.717) is 6.42 Å². The molecule has 1 N–H and O–H groups in total. The molecule has 1 atom stereocenters. The van der Waals surface area contributed by atoms with Crippen LogP contribution in [0.2, 0.25) is 0 Å². The first-order valence-corrected chi connectivity index (χ1v) is 7.66. The van der Waals surface area contributed by atoms with Crippen molar-refractivity contribution in [1.82, 2.24) is 4.31 Å². The third-order valence-corrected chi connectivity index (χ3v) is 5.26. The number of nitro benzene ring substituents is 1. The van der Waals surface area contributed by atoms with Gasteiger partial charge in [-0.25, -0.2) is 8.42 Å². The van der Waals surface area contributed by atoms with E-state index < -0.39 is 20.5 Å². The van der Waals surface area contributed by atoms with E-state index in [0.717, 1.165) is 10.4 Å². The molecular formula is C12H16N2O6S. The van der Waals surface area contributed by atoms with Crippen molar-refractivity contribution >= 4 is 15.7 Å². The Kier molecular flexibility index (Phi) is 3.91. The average molecular weight is 316 g/mol. The molecule has 1 aliphatic rings. The molecule has 1 heterocycles. The molecule has 8 nitrogen and oxygen atoms in total. The zero-order valence-corrected chi connectivity index (χ0v) is 12.5. The van der Waals surface area contributed by atoms with Gasteiger partial charge in [-0.3, -0.25) is 10.1 Å². The lowest BCUT2D eigenvalue weighted by atomic mass is 10.1. The molecule has 0 aliphatic carbocycles. The Labute approximate surface area is 122 Å². The number of sulfonamides is 1. The van der Waals surface area contributed by atoms with Gasteiger partial charge in [0.2, 0.25) is 10.0 Å². The quantitative estimate of drug-likeness (QED) is 0.648. The second kappa shape index (κ2) is 5.24. The Morgan fingerprint density at radius 1 is 1.48 bits per heavy atom. The summed E-state index contributed by atoms with van der Waals surface area (Å²) in [6.07, 6.45) is 0.309. The molecule has 1 aliphatic heterocycles. The Balaban J connectivity index is 2.48. The monoisotopic (exact) mass is 316 g/mol. The predicted molar refractivity (Wildman–Crippen MR) is 73.6 cm³/mol. The molecule has 0 bridgehead atoms. The van der Waals surface area contributed by atoms with Crippen LogP contribution >= 0.6 is 0 Å². The van der Waals surface area contributed by atoms with Crippen LogP contribution in [0, 0.1) is 10.1 Å². The first kappa shape index (κ1) is 15.7. The van der Waals surface area contributed by atoms with Gasteiger partial charge in [-0.05, 0) is 19.4 Å². The molecule has 1 fully saturated rings. The highest BCUT2D eigenvalue weighted by Gasteiger charge is 2.40. The molecule has 1 aromatic carbocycles. The maximum Gasteiger partial charge on any atom is 0.271 e. The van der Waals surface area contributed by atoms with Crippen LogP contribution < -0.4 is 4.74 Å². The Bertz CT molecular complexity index is 670. The van der Waals surface area contributed by atoms with Crippen molar-refractivity contribution in [3.05, 3.63) is 28.3 Å². The van der Waals surface area contributed by atoms with Crippen molar-refractivity contribution in [3.63, 3.8) is 0 Å². The maximum absolute atomic E-state index is 12.6. The van der Waals surface area contributed by atoms with Crippen molar-refractivity contribution in [2.45, 2.75) is 23.8 Å². The van der Waals surface area contributed by atoms with Crippen molar-refractivity contribution in [3.8, 4) is 5.75 Å². The molecule has 1 unspecified atom stereocenters. The number of nitrogens with zero attached hydrogens (tertiary/aromatic N) is 2. The van der Waals surface area contributed by atoms with Gasteiger partial charge in [-0.1, -0.05) is 0 Å². The van der Waals surface area contributed by atoms with E-state index in [1.807, 2.05) is 0 Å². The fourth-order valence-corrected chi connectivity index (χ4v) is 3.96. The van der Waals surface area contributed by atoms with Gasteiger partial charge in [0.05, 0.1) is 17.6 Å². The lowest BCUT2D eigenvalue weighted by molar-refractivity contribution is -0.385. The van der Waals surface area contributed by atoms with Gasteiger partial charge < -0.3 is 9.84 Å². The molecule has 0 saturated carbocycles. The summed E-state index contributed by atoms with van der Waals surface area (Å²) in [5, 5.41) is 20.7. The van der Waals surface area contributed by atoms with E-state index in [9.17, 15) is 23.6 Å². The molecule has 116 valence electrons. The minimum Gasteiger partial charge on any atom is -0.495 e. The number of hydrogen-bond acceptors (Lipinski definition) is 6. The van der Waals surface area contributed by atoms with Crippen LogP contribution in [0.15, 0.2) is 23.1 Å². The van der Waals surface area contributed by atoms with Gasteiger partial charge in [-0.2, -0.15) is 4.31 Å². The first-order valence-electron chi connectivity index (χ1n) is 6.22. The van der Waals surface area contributed by atoms with Crippen molar-refractivity contribution in [2.24, 2.45) is 0 Å². The number of ether oxygens (including phenoxy) is 1. The van der Waals surface area contributed by atoms with Crippen LogP contribution in [0.5, 0.6) is 5.75 Å². The van der Waals surface area contributed by atoms with Crippen molar-refractivity contribution < 1.29 is 23.2 Å². The summed E-state index contributed by atoms with van der Waals surface area (Å²) < 4.78 is 31.3. The van der Waals surface area contributed by atoms with E-state index >= 15 is 0 Å². The number of benzene rings is 1. The summed E-state index contributed by atoms with van der Waals surface area (Å²) in [5.41, 5.74) is -1.43. The topological polar surface area (TPSA) is 110 Å². The summed E-state index contributed by atoms with van der Waals surface area (Å²) >= 11 is 0. The molecule has 1 saturated heterocycles. The third kappa shape index (κ3) is 2.99. The SMILES string of the molecule is COc1ccc([N+](=O)[O-])cc1S(=O)(=O)N1CCC(C)(O)C1. The second-order valence-electron chi connectivity index (χ2n) is 5.18. The molecule has 21 heavy (non-hydrogen) atoms. The van der Waals surface area contributed by atoms with Crippen molar-refractivity contribution in [2.75, 3.05) is 20.2 Å². The van der Waals surface area contributed by atoms with Gasteiger partial charge in [0.1, 0.15) is 10.6 Å². The normalized spacial score (nSPS) is 23.2. The summed E-state index contributed by atoms with van der Waals surface area (Å²) in [5.74, 6) is 0.0344. The maximum atomic E-state index is 12.6. The molecule has 0 amide bonds. The predicted octanol–water partition coefficient (Wildman–Crippen LogP) is 0.749. The average Bonchev–Trinajstić information content (AvgIpc) is 2.79. The van der Waals surface area contributed by atoms with Crippen LogP contribution in [0.4, 0.5) is 5.69 Å². The minimum absolute atomic E-state index is 0.0344. The van der Waals surface area contributed by atoms with Crippen LogP contribution in [-0.4, -0.2) is 48.6 Å². The van der Waals surface area contributed by atoms with Gasteiger partial charge in [0, 0.05) is 25.2 Å². The number of rotatable bonds is 4. The number of aliphatic hydroxyl groups is 1. The number of hydrogen-bond donors (Lipinski definition) is 1. The highest BCUT2D eigenvalue weighted by atomic mass is 32.2. The molecule has 1 aromatic rings. The minimum atomic E-state index is -3.96. The van der Waals surface area contributed by atoms with Crippen LogP contribution in [0.1, 0.15) is 13.3 Å². The summed E-state index contributed by atoms with van der Waals surface area (Å²) in [7, 11) is -2.67. The zero-order chi connectivity index (χ0) is 15.8. The van der Waals surface area contributed by atoms with Crippen LogP contribution in [-0.2, 0) is 10.0 Å². The lowest BCUT2D eigenvalue weighted by Gasteiger charge is -2.20. The van der Waals surface area contributed by atoms with Crippen LogP contribution in [0.3, 0.4) is 0 Å². The molecular weight excluding hydrogens is 300 g/mol. The molecule has 9 heteroatoms. The fraction of sp³-hybridized carbons (Fsp3) is 0.500. The van der Waals surface area contributed by atoms with E-state index in [-0.39, 0.29) is 29.4 Å². The van der Waals surface area contributed by atoms with E-state index in [4.69, 9.17) is 4.74 Å². The largest absolute Gasteiger partial charge is 0.495 e. The second-order valence-corrected chi connectivity index (χ2v) is 7.08. The number of β-amino-alcohol motifs (C(OH)–C–C–N with tert-alkyl or cyclic N) is 1. The Morgan fingerprint density at radius 3 is 2.62 bits per heavy atom. The molecule has 0 radical (unpaired) electrons. The smallest absolute Gasteiger partial charge is 0.271 e. The zero-order valence-electron chi connectivity index (χ0n) is 11.6. The lowest BCUT2D eigenvalue weighted by Crippen LogP contribution is -2.34.